The van der Waals surface area contributed by atoms with Gasteiger partial charge in [-0.2, -0.15) is 0 Å². The molecule has 0 aliphatic heterocycles. The summed E-state index contributed by atoms with van der Waals surface area (Å²) in [6, 6.07) is 60.5. The molecule has 0 spiro atoms. The summed E-state index contributed by atoms with van der Waals surface area (Å²) < 4.78 is 0. The molecule has 2 aliphatic rings. The van der Waals surface area contributed by atoms with Gasteiger partial charge in [-0.1, -0.05) is 173 Å². The number of nitrogens with zero attached hydrogens (tertiary/aromatic N) is 1. The molecule has 260 valence electrons. The molecule has 0 N–H and O–H groups in total. The Morgan fingerprint density at radius 3 is 1.78 bits per heavy atom. The molecule has 7 aromatic rings. The summed E-state index contributed by atoms with van der Waals surface area (Å²) in [5.41, 5.74) is 19.6. The van der Waals surface area contributed by atoms with E-state index in [0.29, 0.717) is 0 Å². The van der Waals surface area contributed by atoms with Gasteiger partial charge < -0.3 is 4.90 Å². The number of hydrogen-bond acceptors (Lipinski definition) is 1. The Hall–Kier alpha value is -6.44. The fourth-order valence-corrected chi connectivity index (χ4v) is 9.15. The second-order valence-electron chi connectivity index (χ2n) is 15.2. The maximum atomic E-state index is 4.04. The van der Waals surface area contributed by atoms with E-state index in [2.05, 4.69) is 203 Å². The molecular formula is C53H43N. The smallest absolute Gasteiger partial charge is 0.0465 e. The van der Waals surface area contributed by atoms with Crippen molar-refractivity contribution in [2.24, 2.45) is 0 Å². The summed E-state index contributed by atoms with van der Waals surface area (Å²) in [4.78, 5) is 2.38. The molecule has 7 aromatic carbocycles. The first-order valence-electron chi connectivity index (χ1n) is 18.8. The van der Waals surface area contributed by atoms with E-state index in [1.165, 1.54) is 61.2 Å². The molecule has 0 saturated heterocycles. The maximum Gasteiger partial charge on any atom is 0.0465 e. The van der Waals surface area contributed by atoms with Crippen LogP contribution < -0.4 is 4.90 Å². The molecule has 0 saturated carbocycles. The molecule has 1 atom stereocenters. The van der Waals surface area contributed by atoms with Crippen molar-refractivity contribution in [1.82, 2.24) is 0 Å². The van der Waals surface area contributed by atoms with E-state index >= 15 is 0 Å². The van der Waals surface area contributed by atoms with Crippen LogP contribution in [0.5, 0.6) is 0 Å². The third-order valence-electron chi connectivity index (χ3n) is 11.9. The quantitative estimate of drug-likeness (QED) is 0.143. The van der Waals surface area contributed by atoms with Crippen molar-refractivity contribution in [2.45, 2.75) is 31.6 Å². The molecule has 0 radical (unpaired) electrons. The van der Waals surface area contributed by atoms with Crippen LogP contribution in [0.4, 0.5) is 17.1 Å². The lowest BCUT2D eigenvalue weighted by Gasteiger charge is -2.29. The molecule has 0 aromatic heterocycles. The predicted octanol–water partition coefficient (Wildman–Crippen LogP) is 14.2. The van der Waals surface area contributed by atoms with Crippen molar-refractivity contribution in [3.63, 3.8) is 0 Å². The number of hydrogen-bond donors (Lipinski definition) is 0. The molecular weight excluding hydrogens is 651 g/mol. The van der Waals surface area contributed by atoms with Gasteiger partial charge in [-0.05, 0) is 116 Å². The summed E-state index contributed by atoms with van der Waals surface area (Å²) in [7, 11) is 0. The lowest BCUT2D eigenvalue weighted by atomic mass is 9.74. The molecule has 1 heteroatoms. The fourth-order valence-electron chi connectivity index (χ4n) is 9.15. The van der Waals surface area contributed by atoms with E-state index in [-0.39, 0.29) is 10.8 Å². The number of fused-ring (bicyclic) bond motifs is 6. The summed E-state index contributed by atoms with van der Waals surface area (Å²) in [6.07, 6.45) is 5.69. The lowest BCUT2D eigenvalue weighted by Crippen LogP contribution is -2.22. The van der Waals surface area contributed by atoms with Gasteiger partial charge in [0.05, 0.1) is 0 Å². The van der Waals surface area contributed by atoms with Gasteiger partial charge in [-0.3, -0.25) is 0 Å². The van der Waals surface area contributed by atoms with Gasteiger partial charge in [0.2, 0.25) is 0 Å². The number of rotatable bonds is 8. The third-order valence-corrected chi connectivity index (χ3v) is 11.9. The normalized spacial score (nSPS) is 16.2. The Morgan fingerprint density at radius 1 is 0.500 bits per heavy atom. The highest BCUT2D eigenvalue weighted by atomic mass is 15.1. The van der Waals surface area contributed by atoms with Gasteiger partial charge in [0.25, 0.3) is 0 Å². The van der Waals surface area contributed by atoms with Crippen molar-refractivity contribution in [3.8, 4) is 33.4 Å². The Balaban J connectivity index is 1.17. The van der Waals surface area contributed by atoms with E-state index in [1.807, 2.05) is 18.2 Å². The van der Waals surface area contributed by atoms with Gasteiger partial charge in [0, 0.05) is 27.9 Å². The summed E-state index contributed by atoms with van der Waals surface area (Å²) in [5.74, 6) is 0. The largest absolute Gasteiger partial charge is 0.310 e. The van der Waals surface area contributed by atoms with E-state index in [0.717, 1.165) is 28.2 Å². The minimum atomic E-state index is -0.237. The number of anilines is 3. The Kier molecular flexibility index (Phi) is 7.98. The highest BCUT2D eigenvalue weighted by molar-refractivity contribution is 5.94. The van der Waals surface area contributed by atoms with Crippen LogP contribution in [0.15, 0.2) is 195 Å². The molecule has 0 amide bonds. The number of allylic oxidation sites excluding steroid dienone is 4. The SMILES string of the molecule is C=C/C=C(\C=C)c1ccc(N(c2ccc(-c3cccc4c3-c3ccccc3C4(C)c3ccccc3)cc2)c2ccc3c(c2)C(C)(C)c2ccccc2-3)cc1. The van der Waals surface area contributed by atoms with Gasteiger partial charge >= 0.3 is 0 Å². The maximum absolute atomic E-state index is 4.04. The van der Waals surface area contributed by atoms with Crippen molar-refractivity contribution >= 4 is 22.6 Å². The minimum Gasteiger partial charge on any atom is -0.310 e. The third kappa shape index (κ3) is 5.07. The predicted molar refractivity (Wildman–Crippen MR) is 230 cm³/mol. The van der Waals surface area contributed by atoms with E-state index in [1.54, 1.807) is 0 Å². The van der Waals surface area contributed by atoms with Crippen LogP contribution in [0, 0.1) is 0 Å². The average molecular weight is 694 g/mol. The average Bonchev–Trinajstić information content (AvgIpc) is 3.62. The van der Waals surface area contributed by atoms with Crippen molar-refractivity contribution in [1.29, 1.82) is 0 Å². The molecule has 0 fully saturated rings. The summed E-state index contributed by atoms with van der Waals surface area (Å²) >= 11 is 0. The van der Waals surface area contributed by atoms with E-state index < -0.39 is 0 Å². The van der Waals surface area contributed by atoms with Gasteiger partial charge in [-0.15, -0.1) is 0 Å². The molecule has 0 heterocycles. The molecule has 0 bridgehead atoms. The second-order valence-corrected chi connectivity index (χ2v) is 15.2. The lowest BCUT2D eigenvalue weighted by molar-refractivity contribution is 0.660. The van der Waals surface area contributed by atoms with Gasteiger partial charge in [0.15, 0.2) is 0 Å². The Bertz CT molecular complexity index is 2600. The minimum absolute atomic E-state index is 0.103. The Morgan fingerprint density at radius 2 is 1.07 bits per heavy atom. The highest BCUT2D eigenvalue weighted by Crippen LogP contribution is 2.55. The van der Waals surface area contributed by atoms with Crippen LogP contribution in [0.3, 0.4) is 0 Å². The van der Waals surface area contributed by atoms with Crippen LogP contribution in [-0.2, 0) is 10.8 Å². The molecule has 1 unspecified atom stereocenters. The second kappa shape index (κ2) is 12.9. The van der Waals surface area contributed by atoms with Crippen LogP contribution in [-0.4, -0.2) is 0 Å². The summed E-state index contributed by atoms with van der Waals surface area (Å²) in [6.45, 7) is 15.0. The molecule has 1 nitrogen and oxygen atoms in total. The first-order valence-corrected chi connectivity index (χ1v) is 18.8. The number of benzene rings is 7. The van der Waals surface area contributed by atoms with Crippen LogP contribution in [0.25, 0.3) is 39.0 Å². The fraction of sp³-hybridized carbons (Fsp3) is 0.0943. The van der Waals surface area contributed by atoms with Crippen LogP contribution in [0.2, 0.25) is 0 Å². The summed E-state index contributed by atoms with van der Waals surface area (Å²) in [5, 5.41) is 0. The monoisotopic (exact) mass is 693 g/mol. The molecule has 2 aliphatic carbocycles. The van der Waals surface area contributed by atoms with Gasteiger partial charge in [0.1, 0.15) is 0 Å². The Labute approximate surface area is 319 Å². The highest BCUT2D eigenvalue weighted by Gasteiger charge is 2.41. The van der Waals surface area contributed by atoms with E-state index in [9.17, 15) is 0 Å². The first-order chi connectivity index (χ1) is 26.3. The first kappa shape index (κ1) is 33.4. The zero-order valence-corrected chi connectivity index (χ0v) is 31.2. The molecule has 9 rings (SSSR count). The van der Waals surface area contributed by atoms with Crippen molar-refractivity contribution in [2.75, 3.05) is 4.90 Å². The zero-order chi connectivity index (χ0) is 37.0. The molecule has 54 heavy (non-hydrogen) atoms. The van der Waals surface area contributed by atoms with Gasteiger partial charge in [-0.25, -0.2) is 0 Å². The van der Waals surface area contributed by atoms with Crippen molar-refractivity contribution < 1.29 is 0 Å². The topological polar surface area (TPSA) is 3.24 Å². The van der Waals surface area contributed by atoms with Crippen LogP contribution in [0.1, 0.15) is 54.2 Å². The van der Waals surface area contributed by atoms with Crippen LogP contribution >= 0.6 is 0 Å². The zero-order valence-electron chi connectivity index (χ0n) is 31.2. The van der Waals surface area contributed by atoms with Crippen molar-refractivity contribution in [3.05, 3.63) is 229 Å². The standard InChI is InChI=1S/C53H43N/c1-6-16-36(7-2)37-25-29-40(30-26-37)54(42-33-34-45-44-19-11-13-22-47(44)52(3,4)50(45)35-42)41-31-27-38(28-32-41)43-21-15-24-49-51(43)46-20-12-14-23-48(46)53(49,5)39-17-9-8-10-18-39/h6-35H,1-2H2,3-5H3/b36-16+. The van der Waals surface area contributed by atoms with E-state index in [4.69, 9.17) is 0 Å².